The molecule has 0 amide bonds. The van der Waals surface area contributed by atoms with Crippen molar-refractivity contribution in [1.82, 2.24) is 5.32 Å². The van der Waals surface area contributed by atoms with Crippen molar-refractivity contribution in [2.75, 3.05) is 13.7 Å². The molecule has 1 aliphatic carbocycles. The molecule has 0 heterocycles. The topological polar surface area (TPSA) is 21.3 Å². The second-order valence-corrected chi connectivity index (χ2v) is 4.66. The zero-order chi connectivity index (χ0) is 11.7. The van der Waals surface area contributed by atoms with E-state index < -0.39 is 0 Å². The lowest BCUT2D eigenvalue weighted by Gasteiger charge is -2.16. The first-order valence-corrected chi connectivity index (χ1v) is 6.09. The van der Waals surface area contributed by atoms with Crippen LogP contribution in [0.3, 0.4) is 0 Å². The summed E-state index contributed by atoms with van der Waals surface area (Å²) in [5.74, 6) is 1.64. The standard InChI is InChI=1S/C14H21NO/c1-5-15-11-8-10(3)14-12(16-4)7-6-9(2)13(11)14/h6-7,10-11,15H,5,8H2,1-4H3. The third-order valence-corrected chi connectivity index (χ3v) is 3.57. The molecule has 2 heteroatoms. The van der Waals surface area contributed by atoms with Crippen molar-refractivity contribution in [3.63, 3.8) is 0 Å². The number of rotatable bonds is 3. The second kappa shape index (κ2) is 4.46. The zero-order valence-electron chi connectivity index (χ0n) is 10.6. The lowest BCUT2D eigenvalue weighted by molar-refractivity contribution is 0.407. The van der Waals surface area contributed by atoms with Gasteiger partial charge in [0.25, 0.3) is 0 Å². The van der Waals surface area contributed by atoms with E-state index in [0.29, 0.717) is 12.0 Å². The molecule has 2 atom stereocenters. The van der Waals surface area contributed by atoms with E-state index in [-0.39, 0.29) is 0 Å². The summed E-state index contributed by atoms with van der Waals surface area (Å²) >= 11 is 0. The molecular formula is C14H21NO. The number of methoxy groups -OCH3 is 1. The summed E-state index contributed by atoms with van der Waals surface area (Å²) in [7, 11) is 1.76. The van der Waals surface area contributed by atoms with Gasteiger partial charge in [0.15, 0.2) is 0 Å². The molecule has 0 bridgehead atoms. The molecule has 88 valence electrons. The van der Waals surface area contributed by atoms with Crippen LogP contribution >= 0.6 is 0 Å². The van der Waals surface area contributed by atoms with Gasteiger partial charge in [-0.1, -0.05) is 19.9 Å². The highest BCUT2D eigenvalue weighted by molar-refractivity contribution is 5.51. The number of hydrogen-bond acceptors (Lipinski definition) is 2. The third kappa shape index (κ3) is 1.71. The highest BCUT2D eigenvalue weighted by Gasteiger charge is 2.31. The highest BCUT2D eigenvalue weighted by atomic mass is 16.5. The van der Waals surface area contributed by atoms with Crippen LogP contribution in [0.15, 0.2) is 12.1 Å². The van der Waals surface area contributed by atoms with Crippen LogP contribution in [0.25, 0.3) is 0 Å². The molecule has 0 aromatic heterocycles. The average molecular weight is 219 g/mol. The Hall–Kier alpha value is -1.02. The first-order valence-electron chi connectivity index (χ1n) is 6.09. The average Bonchev–Trinajstić information content (AvgIpc) is 2.59. The minimum Gasteiger partial charge on any atom is -0.496 e. The fourth-order valence-electron chi connectivity index (χ4n) is 2.90. The molecule has 2 nitrogen and oxygen atoms in total. The largest absolute Gasteiger partial charge is 0.496 e. The summed E-state index contributed by atoms with van der Waals surface area (Å²) < 4.78 is 5.48. The van der Waals surface area contributed by atoms with E-state index in [4.69, 9.17) is 4.74 Å². The van der Waals surface area contributed by atoms with Gasteiger partial charge in [-0.3, -0.25) is 0 Å². The van der Waals surface area contributed by atoms with Gasteiger partial charge in [0, 0.05) is 11.6 Å². The van der Waals surface area contributed by atoms with Gasteiger partial charge in [-0.2, -0.15) is 0 Å². The molecule has 0 saturated heterocycles. The minimum absolute atomic E-state index is 0.505. The summed E-state index contributed by atoms with van der Waals surface area (Å²) in [5.41, 5.74) is 4.26. The molecule has 1 aliphatic rings. The summed E-state index contributed by atoms with van der Waals surface area (Å²) in [6.45, 7) is 7.67. The van der Waals surface area contributed by atoms with Gasteiger partial charge in [0.1, 0.15) is 5.75 Å². The predicted octanol–water partition coefficient (Wildman–Crippen LogP) is 3.16. The molecule has 0 saturated carbocycles. The Labute approximate surface area is 98.0 Å². The van der Waals surface area contributed by atoms with Crippen molar-refractivity contribution in [3.05, 3.63) is 28.8 Å². The van der Waals surface area contributed by atoms with Crippen LogP contribution in [0.1, 0.15) is 48.9 Å². The van der Waals surface area contributed by atoms with Crippen molar-refractivity contribution in [2.45, 2.75) is 39.2 Å². The van der Waals surface area contributed by atoms with E-state index in [1.54, 1.807) is 7.11 Å². The van der Waals surface area contributed by atoms with Gasteiger partial charge < -0.3 is 10.1 Å². The van der Waals surface area contributed by atoms with Gasteiger partial charge >= 0.3 is 0 Å². The minimum atomic E-state index is 0.505. The molecule has 0 spiro atoms. The molecule has 0 aliphatic heterocycles. The van der Waals surface area contributed by atoms with E-state index >= 15 is 0 Å². The molecule has 2 unspecified atom stereocenters. The highest BCUT2D eigenvalue weighted by Crippen LogP contribution is 2.46. The first-order chi connectivity index (χ1) is 7.69. The molecular weight excluding hydrogens is 198 g/mol. The van der Waals surface area contributed by atoms with Crippen molar-refractivity contribution in [2.24, 2.45) is 0 Å². The number of hydrogen-bond donors (Lipinski definition) is 1. The van der Waals surface area contributed by atoms with Gasteiger partial charge in [-0.25, -0.2) is 0 Å². The second-order valence-electron chi connectivity index (χ2n) is 4.66. The van der Waals surface area contributed by atoms with E-state index in [1.165, 1.54) is 23.1 Å². The lowest BCUT2D eigenvalue weighted by atomic mass is 9.98. The molecule has 1 N–H and O–H groups in total. The summed E-state index contributed by atoms with van der Waals surface area (Å²) in [5, 5.41) is 3.57. The number of aryl methyl sites for hydroxylation is 1. The van der Waals surface area contributed by atoms with Crippen LogP contribution in [-0.2, 0) is 0 Å². The molecule has 1 aromatic rings. The number of fused-ring (bicyclic) bond motifs is 1. The Morgan fingerprint density at radius 3 is 2.75 bits per heavy atom. The van der Waals surface area contributed by atoms with Gasteiger partial charge in [0.2, 0.25) is 0 Å². The van der Waals surface area contributed by atoms with Crippen molar-refractivity contribution in [3.8, 4) is 5.75 Å². The molecule has 1 aromatic carbocycles. The predicted molar refractivity (Wildman–Crippen MR) is 67.2 cm³/mol. The lowest BCUT2D eigenvalue weighted by Crippen LogP contribution is -2.19. The molecule has 0 radical (unpaired) electrons. The van der Waals surface area contributed by atoms with Crippen LogP contribution in [0.4, 0.5) is 0 Å². The Morgan fingerprint density at radius 2 is 2.12 bits per heavy atom. The SMILES string of the molecule is CCNC1CC(C)c2c(OC)ccc(C)c21. The van der Waals surface area contributed by atoms with E-state index in [1.807, 2.05) is 0 Å². The van der Waals surface area contributed by atoms with Crippen LogP contribution < -0.4 is 10.1 Å². The molecule has 2 rings (SSSR count). The van der Waals surface area contributed by atoms with E-state index in [0.717, 1.165) is 12.3 Å². The summed E-state index contributed by atoms with van der Waals surface area (Å²) in [6.07, 6.45) is 1.18. The van der Waals surface area contributed by atoms with Crippen LogP contribution in [0.2, 0.25) is 0 Å². The summed E-state index contributed by atoms with van der Waals surface area (Å²) in [6, 6.07) is 4.77. The zero-order valence-corrected chi connectivity index (χ0v) is 10.6. The van der Waals surface area contributed by atoms with E-state index in [2.05, 4.69) is 38.2 Å². The molecule has 0 fully saturated rings. The fourth-order valence-corrected chi connectivity index (χ4v) is 2.90. The summed E-state index contributed by atoms with van der Waals surface area (Å²) in [4.78, 5) is 0. The van der Waals surface area contributed by atoms with E-state index in [9.17, 15) is 0 Å². The maximum atomic E-state index is 5.48. The fraction of sp³-hybridized carbons (Fsp3) is 0.571. The molecule has 16 heavy (non-hydrogen) atoms. The first kappa shape index (κ1) is 11.5. The quantitative estimate of drug-likeness (QED) is 0.843. The number of nitrogens with one attached hydrogen (secondary N) is 1. The van der Waals surface area contributed by atoms with Crippen molar-refractivity contribution in [1.29, 1.82) is 0 Å². The van der Waals surface area contributed by atoms with Crippen LogP contribution in [0.5, 0.6) is 5.75 Å². The maximum Gasteiger partial charge on any atom is 0.122 e. The maximum absolute atomic E-state index is 5.48. The van der Waals surface area contributed by atoms with Gasteiger partial charge in [-0.15, -0.1) is 0 Å². The third-order valence-electron chi connectivity index (χ3n) is 3.57. The number of benzene rings is 1. The van der Waals surface area contributed by atoms with Crippen LogP contribution in [0, 0.1) is 6.92 Å². The van der Waals surface area contributed by atoms with Crippen molar-refractivity contribution >= 4 is 0 Å². The number of ether oxygens (including phenoxy) is 1. The smallest absolute Gasteiger partial charge is 0.122 e. The Morgan fingerprint density at radius 1 is 1.38 bits per heavy atom. The van der Waals surface area contributed by atoms with Gasteiger partial charge in [0.05, 0.1) is 7.11 Å². The Kier molecular flexibility index (Phi) is 3.20. The Balaban J connectivity index is 2.49. The van der Waals surface area contributed by atoms with Crippen LogP contribution in [-0.4, -0.2) is 13.7 Å². The van der Waals surface area contributed by atoms with Gasteiger partial charge in [-0.05, 0) is 43.0 Å². The Bertz CT molecular complexity index is 387. The monoisotopic (exact) mass is 219 g/mol. The normalized spacial score (nSPS) is 23.2. The van der Waals surface area contributed by atoms with Crippen molar-refractivity contribution < 1.29 is 4.74 Å².